The van der Waals surface area contributed by atoms with Crippen molar-refractivity contribution in [3.63, 3.8) is 0 Å². The highest BCUT2D eigenvalue weighted by atomic mass is 32.1. The van der Waals surface area contributed by atoms with Gasteiger partial charge in [-0.1, -0.05) is 12.1 Å². The lowest BCUT2D eigenvalue weighted by Crippen LogP contribution is -2.40. The number of rotatable bonds is 10. The van der Waals surface area contributed by atoms with E-state index in [0.29, 0.717) is 31.5 Å². The van der Waals surface area contributed by atoms with Crippen LogP contribution >= 0.6 is 11.3 Å². The molecule has 2 aromatic heterocycles. The number of benzene rings is 1. The van der Waals surface area contributed by atoms with Crippen molar-refractivity contribution < 1.29 is 24.2 Å². The first-order valence-corrected chi connectivity index (χ1v) is 13.8. The lowest BCUT2D eigenvalue weighted by atomic mass is 9.86. The first kappa shape index (κ1) is 26.9. The molecule has 1 aromatic carbocycles. The van der Waals surface area contributed by atoms with Crippen molar-refractivity contribution in [3.05, 3.63) is 53.0 Å². The molecule has 198 valence electrons. The number of thiophene rings is 1. The van der Waals surface area contributed by atoms with Crippen molar-refractivity contribution >= 4 is 45.0 Å². The van der Waals surface area contributed by atoms with Gasteiger partial charge in [0.25, 0.3) is 5.91 Å². The molecule has 1 aliphatic carbocycles. The van der Waals surface area contributed by atoms with Gasteiger partial charge >= 0.3 is 5.97 Å². The monoisotopic (exact) mass is 525 g/mol. The molecule has 0 aliphatic heterocycles. The van der Waals surface area contributed by atoms with Gasteiger partial charge in [-0.25, -0.2) is 0 Å². The van der Waals surface area contributed by atoms with Gasteiger partial charge in [0.1, 0.15) is 12.2 Å². The maximum Gasteiger partial charge on any atom is 0.308 e. The largest absolute Gasteiger partial charge is 0.469 e. The molecule has 2 heterocycles. The third-order valence-electron chi connectivity index (χ3n) is 7.11. The van der Waals surface area contributed by atoms with Gasteiger partial charge in [0.05, 0.1) is 23.2 Å². The number of carbonyl (C=O) groups is 3. The molecule has 37 heavy (non-hydrogen) atoms. The molecule has 3 aromatic rings. The molecule has 0 bridgehead atoms. The summed E-state index contributed by atoms with van der Waals surface area (Å²) in [5.74, 6) is -0.589. The number of hydrogen-bond acceptors (Lipinski definition) is 6. The van der Waals surface area contributed by atoms with Gasteiger partial charge in [0.15, 0.2) is 0 Å². The van der Waals surface area contributed by atoms with E-state index in [1.807, 2.05) is 53.3 Å². The summed E-state index contributed by atoms with van der Waals surface area (Å²) >= 11 is 1.54. The molecular formula is C28H35N3O5S. The summed E-state index contributed by atoms with van der Waals surface area (Å²) in [6.45, 7) is 2.61. The number of aryl methyl sites for hydroxylation is 1. The zero-order valence-corrected chi connectivity index (χ0v) is 22.3. The maximum absolute atomic E-state index is 13.5. The molecule has 2 amide bonds. The highest BCUT2D eigenvalue weighted by Gasteiger charge is 2.29. The van der Waals surface area contributed by atoms with Gasteiger partial charge in [-0.15, -0.1) is 11.3 Å². The molecular weight excluding hydrogens is 490 g/mol. The Kier molecular flexibility index (Phi) is 9.00. The van der Waals surface area contributed by atoms with E-state index in [9.17, 15) is 14.4 Å². The molecule has 4 rings (SSSR count). The average molecular weight is 526 g/mol. The van der Waals surface area contributed by atoms with Crippen molar-refractivity contribution in [1.82, 2.24) is 9.88 Å². The minimum absolute atomic E-state index is 0.0145. The summed E-state index contributed by atoms with van der Waals surface area (Å²) in [5, 5.41) is 14.2. The summed E-state index contributed by atoms with van der Waals surface area (Å²) in [6, 6.07) is 11.6. The Balaban J connectivity index is 1.50. The minimum atomic E-state index is -0.202. The van der Waals surface area contributed by atoms with Gasteiger partial charge < -0.3 is 24.6 Å². The Labute approximate surface area is 221 Å². The second kappa shape index (κ2) is 12.4. The van der Waals surface area contributed by atoms with E-state index < -0.39 is 0 Å². The lowest BCUT2D eigenvalue weighted by molar-refractivity contribution is -0.146. The van der Waals surface area contributed by atoms with Gasteiger partial charge in [0.2, 0.25) is 5.91 Å². The number of ether oxygens (including phenoxy) is 1. The third-order valence-corrected chi connectivity index (χ3v) is 7.96. The fourth-order valence-corrected chi connectivity index (χ4v) is 5.94. The predicted octanol–water partition coefficient (Wildman–Crippen LogP) is 4.14. The number of fused-ring (bicyclic) bond motifs is 1. The number of carbonyl (C=O) groups excluding carboxylic acids is 3. The number of aromatic nitrogens is 1. The molecule has 1 fully saturated rings. The van der Waals surface area contributed by atoms with Crippen molar-refractivity contribution in [3.8, 4) is 0 Å². The Bertz CT molecular complexity index is 1240. The van der Waals surface area contributed by atoms with Crippen LogP contribution in [-0.4, -0.2) is 53.8 Å². The van der Waals surface area contributed by atoms with Crippen LogP contribution in [0.1, 0.15) is 55.1 Å². The predicted molar refractivity (Wildman–Crippen MR) is 145 cm³/mol. The van der Waals surface area contributed by atoms with Crippen LogP contribution in [0.2, 0.25) is 0 Å². The zero-order valence-electron chi connectivity index (χ0n) is 21.4. The van der Waals surface area contributed by atoms with Crippen molar-refractivity contribution in [2.75, 3.05) is 25.2 Å². The summed E-state index contributed by atoms with van der Waals surface area (Å²) in [6.07, 6.45) is 4.23. The fraction of sp³-hybridized carbons (Fsp3) is 0.464. The number of hydrogen-bond donors (Lipinski definition) is 2. The van der Waals surface area contributed by atoms with Crippen LogP contribution in [-0.2, 0) is 27.3 Å². The number of likely N-dealkylation sites (N-methyl/N-ethyl adjacent to an activating group) is 1. The van der Waals surface area contributed by atoms with Crippen LogP contribution in [0.5, 0.6) is 0 Å². The van der Waals surface area contributed by atoms with Crippen LogP contribution in [0.4, 0.5) is 5.69 Å². The van der Waals surface area contributed by atoms with Gasteiger partial charge in [-0.3, -0.25) is 14.4 Å². The number of esters is 1. The van der Waals surface area contributed by atoms with E-state index in [-0.39, 0.29) is 42.9 Å². The van der Waals surface area contributed by atoms with Crippen LogP contribution in [0.3, 0.4) is 0 Å². The molecule has 1 aliphatic rings. The van der Waals surface area contributed by atoms with Crippen LogP contribution in [0.15, 0.2) is 41.8 Å². The highest BCUT2D eigenvalue weighted by Crippen LogP contribution is 2.28. The van der Waals surface area contributed by atoms with Crippen molar-refractivity contribution in [1.29, 1.82) is 0 Å². The Morgan fingerprint density at radius 1 is 1.16 bits per heavy atom. The molecule has 0 saturated heterocycles. The number of aliphatic hydroxyl groups is 1. The highest BCUT2D eigenvalue weighted by molar-refractivity contribution is 7.17. The summed E-state index contributed by atoms with van der Waals surface area (Å²) in [4.78, 5) is 40.4. The molecule has 0 unspecified atom stereocenters. The number of anilines is 1. The first-order valence-electron chi connectivity index (χ1n) is 12.9. The standard InChI is InChI=1S/C28H35N3O5S/c1-3-30(22-8-4-6-19(16-22)7-5-14-32)26(33)18-31-23-13-15-37-25(23)17-24(31)27(34)29-21-11-9-20(10-12-21)28(35)36-2/h4,6,8,13,15-17,20-21,32H,3,5,7,9-12,14,18H2,1-2H3,(H,29,34)/t20-,21-. The van der Waals surface area contributed by atoms with Gasteiger partial charge in [-0.05, 0) is 80.7 Å². The normalized spacial score (nSPS) is 17.5. The number of amides is 2. The van der Waals surface area contributed by atoms with Crippen molar-refractivity contribution in [2.45, 2.75) is 58.0 Å². The number of nitrogens with one attached hydrogen (secondary N) is 1. The number of aliphatic hydroxyl groups excluding tert-OH is 1. The molecule has 1 saturated carbocycles. The van der Waals surface area contributed by atoms with Crippen LogP contribution in [0.25, 0.3) is 10.2 Å². The summed E-state index contributed by atoms with van der Waals surface area (Å²) in [5.41, 5.74) is 3.22. The van der Waals surface area contributed by atoms with E-state index in [1.165, 1.54) is 7.11 Å². The summed E-state index contributed by atoms with van der Waals surface area (Å²) in [7, 11) is 1.41. The van der Waals surface area contributed by atoms with Crippen molar-refractivity contribution in [2.24, 2.45) is 5.92 Å². The van der Waals surface area contributed by atoms with Crippen LogP contribution < -0.4 is 10.2 Å². The molecule has 0 spiro atoms. The van der Waals surface area contributed by atoms with E-state index in [2.05, 4.69) is 5.32 Å². The minimum Gasteiger partial charge on any atom is -0.469 e. The summed E-state index contributed by atoms with van der Waals surface area (Å²) < 4.78 is 7.63. The molecule has 8 nitrogen and oxygen atoms in total. The van der Waals surface area contributed by atoms with Gasteiger partial charge in [-0.2, -0.15) is 0 Å². The Morgan fingerprint density at radius 3 is 2.65 bits per heavy atom. The molecule has 0 radical (unpaired) electrons. The van der Waals surface area contributed by atoms with E-state index in [0.717, 1.165) is 40.7 Å². The quantitative estimate of drug-likeness (QED) is 0.388. The van der Waals surface area contributed by atoms with E-state index >= 15 is 0 Å². The Morgan fingerprint density at radius 2 is 1.95 bits per heavy atom. The smallest absolute Gasteiger partial charge is 0.308 e. The van der Waals surface area contributed by atoms with E-state index in [1.54, 1.807) is 16.2 Å². The van der Waals surface area contributed by atoms with E-state index in [4.69, 9.17) is 9.84 Å². The maximum atomic E-state index is 13.5. The van der Waals surface area contributed by atoms with Crippen LogP contribution in [0, 0.1) is 5.92 Å². The SMILES string of the molecule is CCN(C(=O)Cn1c(C(=O)N[C@H]2CC[C@H](C(=O)OC)CC2)cc2sccc21)c1cccc(CCCO)c1. The first-order chi connectivity index (χ1) is 17.9. The average Bonchev–Trinajstić information content (AvgIpc) is 3.51. The number of methoxy groups -OCH3 is 1. The number of nitrogens with zero attached hydrogens (tertiary/aromatic N) is 2. The molecule has 0 atom stereocenters. The second-order valence-corrected chi connectivity index (χ2v) is 10.4. The zero-order chi connectivity index (χ0) is 26.4. The lowest BCUT2D eigenvalue weighted by Gasteiger charge is -2.28. The fourth-order valence-electron chi connectivity index (χ4n) is 5.12. The molecule has 2 N–H and O–H groups in total. The topological polar surface area (TPSA) is 101 Å². The third kappa shape index (κ3) is 6.22. The Hall–Kier alpha value is -3.17. The molecule has 9 heteroatoms. The van der Waals surface area contributed by atoms with Gasteiger partial charge in [0, 0.05) is 24.9 Å². The second-order valence-electron chi connectivity index (χ2n) is 9.47.